The molecule has 0 radical (unpaired) electrons. The van der Waals surface area contributed by atoms with E-state index in [2.05, 4.69) is 24.4 Å². The second-order valence-electron chi connectivity index (χ2n) is 4.34. The summed E-state index contributed by atoms with van der Waals surface area (Å²) in [4.78, 5) is 11.4. The number of piperidine rings is 1. The van der Waals surface area contributed by atoms with E-state index in [0.717, 1.165) is 32.2 Å². The highest BCUT2D eigenvalue weighted by molar-refractivity contribution is 5.70. The number of aldehydes is 1. The first-order valence-electron chi connectivity index (χ1n) is 5.52. The van der Waals surface area contributed by atoms with Crippen molar-refractivity contribution in [2.45, 2.75) is 25.2 Å². The molecule has 0 aliphatic carbocycles. The van der Waals surface area contributed by atoms with E-state index in [-0.39, 0.29) is 5.41 Å². The molecule has 0 aromatic heterocycles. The molecule has 1 heterocycles. The van der Waals surface area contributed by atoms with Crippen molar-refractivity contribution in [2.24, 2.45) is 0 Å². The molecule has 1 aliphatic heterocycles. The lowest BCUT2D eigenvalue weighted by molar-refractivity contribution is -0.113. The molecule has 1 aromatic carbocycles. The maximum absolute atomic E-state index is 11.4. The van der Waals surface area contributed by atoms with Gasteiger partial charge in [-0.05, 0) is 44.0 Å². The molecule has 1 aliphatic rings. The minimum absolute atomic E-state index is 0.239. The first-order valence-corrected chi connectivity index (χ1v) is 5.52. The van der Waals surface area contributed by atoms with Crippen LogP contribution in [0.3, 0.4) is 0 Å². The van der Waals surface area contributed by atoms with Gasteiger partial charge in [-0.2, -0.15) is 0 Å². The fraction of sp³-hybridized carbons (Fsp3) is 0.462. The Morgan fingerprint density at radius 2 is 1.93 bits per heavy atom. The highest BCUT2D eigenvalue weighted by Gasteiger charge is 2.34. The Morgan fingerprint density at radius 1 is 1.27 bits per heavy atom. The zero-order chi connectivity index (χ0) is 10.7. The van der Waals surface area contributed by atoms with E-state index < -0.39 is 0 Å². The summed E-state index contributed by atoms with van der Waals surface area (Å²) in [6.07, 6.45) is 2.98. The second kappa shape index (κ2) is 4.15. The maximum Gasteiger partial charge on any atom is 0.130 e. The summed E-state index contributed by atoms with van der Waals surface area (Å²) in [5.41, 5.74) is 2.20. The van der Waals surface area contributed by atoms with E-state index in [1.165, 1.54) is 11.1 Å². The van der Waals surface area contributed by atoms with Crippen LogP contribution in [0.2, 0.25) is 0 Å². The molecule has 15 heavy (non-hydrogen) atoms. The average molecular weight is 203 g/mol. The number of benzene rings is 1. The van der Waals surface area contributed by atoms with Crippen LogP contribution in [0.15, 0.2) is 24.3 Å². The van der Waals surface area contributed by atoms with Crippen LogP contribution in [0, 0.1) is 6.92 Å². The Kier molecular flexibility index (Phi) is 2.87. The maximum atomic E-state index is 11.4. The van der Waals surface area contributed by atoms with Crippen LogP contribution < -0.4 is 5.32 Å². The van der Waals surface area contributed by atoms with Gasteiger partial charge in [0.15, 0.2) is 0 Å². The Balaban J connectivity index is 2.41. The second-order valence-corrected chi connectivity index (χ2v) is 4.34. The molecule has 1 saturated heterocycles. The van der Waals surface area contributed by atoms with E-state index in [4.69, 9.17) is 0 Å². The lowest BCUT2D eigenvalue weighted by atomic mass is 9.73. The Hall–Kier alpha value is -1.15. The SMILES string of the molecule is Cc1ccccc1C1(C=O)CCNCC1. The standard InChI is InChI=1S/C13H17NO/c1-11-4-2-3-5-12(11)13(10-15)6-8-14-9-7-13/h2-5,10,14H,6-9H2,1H3. The van der Waals surface area contributed by atoms with Gasteiger partial charge in [0.25, 0.3) is 0 Å². The van der Waals surface area contributed by atoms with Gasteiger partial charge in [-0.25, -0.2) is 0 Å². The quantitative estimate of drug-likeness (QED) is 0.743. The van der Waals surface area contributed by atoms with Crippen molar-refractivity contribution in [3.05, 3.63) is 35.4 Å². The van der Waals surface area contributed by atoms with Gasteiger partial charge in [0.05, 0.1) is 5.41 Å². The highest BCUT2D eigenvalue weighted by Crippen LogP contribution is 2.33. The average Bonchev–Trinajstić information content (AvgIpc) is 2.30. The molecular formula is C13H17NO. The molecule has 80 valence electrons. The number of nitrogens with one attached hydrogen (secondary N) is 1. The summed E-state index contributed by atoms with van der Waals surface area (Å²) < 4.78 is 0. The third-order valence-electron chi connectivity index (χ3n) is 3.40. The van der Waals surface area contributed by atoms with E-state index >= 15 is 0 Å². The van der Waals surface area contributed by atoms with Crippen molar-refractivity contribution in [2.75, 3.05) is 13.1 Å². The summed E-state index contributed by atoms with van der Waals surface area (Å²) in [5.74, 6) is 0. The monoisotopic (exact) mass is 203 g/mol. The predicted molar refractivity (Wildman–Crippen MR) is 61.0 cm³/mol. The number of aryl methyl sites for hydroxylation is 1. The van der Waals surface area contributed by atoms with Crippen LogP contribution in [-0.4, -0.2) is 19.4 Å². The summed E-state index contributed by atoms with van der Waals surface area (Å²) in [5, 5.41) is 3.30. The van der Waals surface area contributed by atoms with Crippen LogP contribution in [0.1, 0.15) is 24.0 Å². The van der Waals surface area contributed by atoms with E-state index in [9.17, 15) is 4.79 Å². The molecule has 2 nitrogen and oxygen atoms in total. The fourth-order valence-electron chi connectivity index (χ4n) is 2.46. The van der Waals surface area contributed by atoms with Crippen molar-refractivity contribution >= 4 is 6.29 Å². The van der Waals surface area contributed by atoms with E-state index in [0.29, 0.717) is 0 Å². The summed E-state index contributed by atoms with van der Waals surface area (Å²) in [7, 11) is 0. The van der Waals surface area contributed by atoms with Crippen LogP contribution in [0.4, 0.5) is 0 Å². The van der Waals surface area contributed by atoms with Crippen LogP contribution in [-0.2, 0) is 10.2 Å². The smallest absolute Gasteiger partial charge is 0.130 e. The Morgan fingerprint density at radius 3 is 2.53 bits per heavy atom. The number of carbonyl (C=O) groups excluding carboxylic acids is 1. The van der Waals surface area contributed by atoms with Gasteiger partial charge in [0.1, 0.15) is 6.29 Å². The first kappa shape index (κ1) is 10.4. The van der Waals surface area contributed by atoms with Crippen LogP contribution >= 0.6 is 0 Å². The van der Waals surface area contributed by atoms with Gasteiger partial charge in [-0.3, -0.25) is 0 Å². The van der Waals surface area contributed by atoms with Crippen LogP contribution in [0.5, 0.6) is 0 Å². The Labute approximate surface area is 90.7 Å². The van der Waals surface area contributed by atoms with Gasteiger partial charge in [0, 0.05) is 0 Å². The van der Waals surface area contributed by atoms with Crippen molar-refractivity contribution in [3.63, 3.8) is 0 Å². The topological polar surface area (TPSA) is 29.1 Å². The number of carbonyl (C=O) groups is 1. The molecule has 0 bridgehead atoms. The molecule has 2 rings (SSSR count). The van der Waals surface area contributed by atoms with E-state index in [1.807, 2.05) is 12.1 Å². The number of hydrogen-bond donors (Lipinski definition) is 1. The number of rotatable bonds is 2. The van der Waals surface area contributed by atoms with E-state index in [1.54, 1.807) is 0 Å². The molecular weight excluding hydrogens is 186 g/mol. The predicted octanol–water partition coefficient (Wildman–Crippen LogP) is 1.82. The largest absolute Gasteiger partial charge is 0.317 e. The fourth-order valence-corrected chi connectivity index (χ4v) is 2.46. The molecule has 1 aromatic rings. The third-order valence-corrected chi connectivity index (χ3v) is 3.40. The molecule has 0 amide bonds. The minimum Gasteiger partial charge on any atom is -0.317 e. The highest BCUT2D eigenvalue weighted by atomic mass is 16.1. The normalized spacial score (nSPS) is 19.8. The molecule has 0 unspecified atom stereocenters. The summed E-state index contributed by atoms with van der Waals surface area (Å²) in [6.45, 7) is 3.96. The molecule has 1 fully saturated rings. The third kappa shape index (κ3) is 1.82. The van der Waals surface area contributed by atoms with Gasteiger partial charge in [-0.1, -0.05) is 24.3 Å². The van der Waals surface area contributed by atoms with Crippen molar-refractivity contribution in [1.29, 1.82) is 0 Å². The van der Waals surface area contributed by atoms with Crippen molar-refractivity contribution in [1.82, 2.24) is 5.32 Å². The molecule has 0 atom stereocenters. The lowest BCUT2D eigenvalue weighted by Crippen LogP contribution is -2.41. The van der Waals surface area contributed by atoms with Gasteiger partial charge < -0.3 is 10.1 Å². The minimum atomic E-state index is -0.239. The summed E-state index contributed by atoms with van der Waals surface area (Å²) in [6, 6.07) is 8.23. The van der Waals surface area contributed by atoms with Gasteiger partial charge >= 0.3 is 0 Å². The van der Waals surface area contributed by atoms with Crippen molar-refractivity contribution in [3.8, 4) is 0 Å². The summed E-state index contributed by atoms with van der Waals surface area (Å²) >= 11 is 0. The molecule has 2 heteroatoms. The van der Waals surface area contributed by atoms with Crippen LogP contribution in [0.25, 0.3) is 0 Å². The van der Waals surface area contributed by atoms with Crippen molar-refractivity contribution < 1.29 is 4.79 Å². The lowest BCUT2D eigenvalue weighted by Gasteiger charge is -2.34. The Bertz CT molecular complexity index is 353. The molecule has 0 saturated carbocycles. The first-order chi connectivity index (χ1) is 7.28. The molecule has 1 N–H and O–H groups in total. The molecule has 0 spiro atoms. The zero-order valence-electron chi connectivity index (χ0n) is 9.12. The van der Waals surface area contributed by atoms with Gasteiger partial charge in [-0.15, -0.1) is 0 Å². The van der Waals surface area contributed by atoms with Gasteiger partial charge in [0.2, 0.25) is 0 Å². The zero-order valence-corrected chi connectivity index (χ0v) is 9.12. The number of hydrogen-bond acceptors (Lipinski definition) is 2.